The molecule has 3 rings (SSSR count). The second-order valence-electron chi connectivity index (χ2n) is 7.31. The van der Waals surface area contributed by atoms with Crippen LogP contribution in [0.25, 0.3) is 16.9 Å². The summed E-state index contributed by atoms with van der Waals surface area (Å²) >= 11 is 0. The van der Waals surface area contributed by atoms with Gasteiger partial charge in [-0.15, -0.1) is 0 Å². The average molecular weight is 441 g/mol. The fraction of sp³-hybridized carbons (Fsp3) is 0.304. The summed E-state index contributed by atoms with van der Waals surface area (Å²) in [4.78, 5) is 12.8. The Morgan fingerprint density at radius 3 is 2.35 bits per heavy atom. The second kappa shape index (κ2) is 9.89. The quantitative estimate of drug-likeness (QED) is 0.548. The van der Waals surface area contributed by atoms with Crippen molar-refractivity contribution in [1.29, 1.82) is 0 Å². The molecule has 0 aliphatic heterocycles. The van der Waals surface area contributed by atoms with E-state index in [4.69, 9.17) is 0 Å². The number of aromatic nitrogens is 2. The minimum absolute atomic E-state index is 0.0419. The van der Waals surface area contributed by atoms with E-state index in [1.165, 1.54) is 4.31 Å². The van der Waals surface area contributed by atoms with Crippen LogP contribution in [0, 0.1) is 6.92 Å². The molecule has 0 saturated carbocycles. The van der Waals surface area contributed by atoms with Crippen molar-refractivity contribution < 1.29 is 13.2 Å². The van der Waals surface area contributed by atoms with Gasteiger partial charge in [0, 0.05) is 18.2 Å². The number of amides is 1. The molecule has 31 heavy (non-hydrogen) atoms. The van der Waals surface area contributed by atoms with Crippen LogP contribution < -0.4 is 5.32 Å². The molecule has 0 unspecified atom stereocenters. The van der Waals surface area contributed by atoms with Gasteiger partial charge >= 0.3 is 0 Å². The fourth-order valence-electron chi connectivity index (χ4n) is 3.19. The summed E-state index contributed by atoms with van der Waals surface area (Å²) in [6, 6.07) is 19.3. The van der Waals surface area contributed by atoms with E-state index in [-0.39, 0.29) is 12.3 Å². The molecule has 8 heteroatoms. The molecule has 1 amide bonds. The number of aryl methyl sites for hydroxylation is 1. The van der Waals surface area contributed by atoms with Gasteiger partial charge < -0.3 is 5.32 Å². The van der Waals surface area contributed by atoms with Gasteiger partial charge in [0.1, 0.15) is 5.82 Å². The maximum absolute atomic E-state index is 12.8. The zero-order valence-electron chi connectivity index (χ0n) is 18.1. The Balaban J connectivity index is 1.92. The standard InChI is InChI=1S/C23H28N4O3S/c1-4-15-26(31(29,30)5-2)17-23(28)24-22-16-21(19-9-7-6-8-10-19)25-27(22)20-13-11-18(3)12-14-20/h6-14,16H,4-5,15,17H2,1-3H3,(H,24,28). The number of rotatable bonds is 9. The van der Waals surface area contributed by atoms with Gasteiger partial charge in [-0.3, -0.25) is 4.79 Å². The van der Waals surface area contributed by atoms with E-state index in [0.717, 1.165) is 16.8 Å². The molecule has 0 aliphatic carbocycles. The van der Waals surface area contributed by atoms with Gasteiger partial charge in [-0.1, -0.05) is 55.0 Å². The summed E-state index contributed by atoms with van der Waals surface area (Å²) in [7, 11) is -3.46. The summed E-state index contributed by atoms with van der Waals surface area (Å²) in [5, 5.41) is 7.54. The first-order chi connectivity index (χ1) is 14.8. The predicted octanol–water partition coefficient (Wildman–Crippen LogP) is 3.85. The highest BCUT2D eigenvalue weighted by Crippen LogP contribution is 2.25. The highest BCUT2D eigenvalue weighted by molar-refractivity contribution is 7.89. The third kappa shape index (κ3) is 5.59. The number of carbonyl (C=O) groups is 1. The molecule has 1 heterocycles. The lowest BCUT2D eigenvalue weighted by molar-refractivity contribution is -0.116. The van der Waals surface area contributed by atoms with E-state index in [0.29, 0.717) is 24.5 Å². The normalized spacial score (nSPS) is 11.6. The molecule has 2 aromatic carbocycles. The largest absolute Gasteiger partial charge is 0.309 e. The molecular formula is C23H28N4O3S. The number of benzene rings is 2. The molecule has 3 aromatic rings. The Hall–Kier alpha value is -2.97. The van der Waals surface area contributed by atoms with Crippen molar-refractivity contribution in [2.45, 2.75) is 27.2 Å². The molecule has 1 N–H and O–H groups in total. The van der Waals surface area contributed by atoms with Gasteiger partial charge in [-0.05, 0) is 32.4 Å². The van der Waals surface area contributed by atoms with Gasteiger partial charge in [0.2, 0.25) is 15.9 Å². The smallest absolute Gasteiger partial charge is 0.240 e. The number of hydrogen-bond acceptors (Lipinski definition) is 4. The van der Waals surface area contributed by atoms with Gasteiger partial charge in [0.25, 0.3) is 0 Å². The highest BCUT2D eigenvalue weighted by atomic mass is 32.2. The third-order valence-electron chi connectivity index (χ3n) is 4.88. The Bertz CT molecular complexity index is 1120. The molecule has 0 atom stereocenters. The number of sulfonamides is 1. The maximum atomic E-state index is 12.8. The predicted molar refractivity (Wildman–Crippen MR) is 124 cm³/mol. The Morgan fingerprint density at radius 2 is 1.74 bits per heavy atom. The third-order valence-corrected chi connectivity index (χ3v) is 6.70. The Morgan fingerprint density at radius 1 is 1.06 bits per heavy atom. The molecule has 0 radical (unpaired) electrons. The van der Waals surface area contributed by atoms with Crippen molar-refractivity contribution >= 4 is 21.7 Å². The lowest BCUT2D eigenvalue weighted by Crippen LogP contribution is -2.39. The van der Waals surface area contributed by atoms with Crippen LogP contribution in [0.3, 0.4) is 0 Å². The van der Waals surface area contributed by atoms with Crippen molar-refractivity contribution in [3.63, 3.8) is 0 Å². The summed E-state index contributed by atoms with van der Waals surface area (Å²) in [6.07, 6.45) is 0.631. The van der Waals surface area contributed by atoms with E-state index in [2.05, 4.69) is 10.4 Å². The number of nitrogens with zero attached hydrogens (tertiary/aromatic N) is 3. The number of anilines is 1. The van der Waals surface area contributed by atoms with Crippen LogP contribution in [-0.2, 0) is 14.8 Å². The molecule has 0 fully saturated rings. The van der Waals surface area contributed by atoms with E-state index >= 15 is 0 Å². The minimum Gasteiger partial charge on any atom is -0.309 e. The second-order valence-corrected chi connectivity index (χ2v) is 9.57. The average Bonchev–Trinajstić information content (AvgIpc) is 3.18. The van der Waals surface area contributed by atoms with Crippen LogP contribution in [0.1, 0.15) is 25.8 Å². The SMILES string of the molecule is CCCN(CC(=O)Nc1cc(-c2ccccc2)nn1-c1ccc(C)cc1)S(=O)(=O)CC. The van der Waals surface area contributed by atoms with Crippen molar-refractivity contribution in [3.8, 4) is 16.9 Å². The molecular weight excluding hydrogens is 412 g/mol. The lowest BCUT2D eigenvalue weighted by Gasteiger charge is -2.20. The molecule has 0 aliphatic rings. The van der Waals surface area contributed by atoms with Gasteiger partial charge in [0.15, 0.2) is 0 Å². The van der Waals surface area contributed by atoms with E-state index in [1.54, 1.807) is 17.7 Å². The molecule has 0 bridgehead atoms. The van der Waals surface area contributed by atoms with Crippen LogP contribution in [0.4, 0.5) is 5.82 Å². The minimum atomic E-state index is -3.46. The highest BCUT2D eigenvalue weighted by Gasteiger charge is 2.23. The van der Waals surface area contributed by atoms with Crippen LogP contribution >= 0.6 is 0 Å². The first-order valence-electron chi connectivity index (χ1n) is 10.3. The van der Waals surface area contributed by atoms with Crippen molar-refractivity contribution in [3.05, 3.63) is 66.2 Å². The zero-order valence-corrected chi connectivity index (χ0v) is 18.9. The summed E-state index contributed by atoms with van der Waals surface area (Å²) in [5.41, 5.74) is 3.55. The zero-order chi connectivity index (χ0) is 22.4. The summed E-state index contributed by atoms with van der Waals surface area (Å²) < 4.78 is 27.5. The summed E-state index contributed by atoms with van der Waals surface area (Å²) in [6.45, 7) is 5.53. The maximum Gasteiger partial charge on any atom is 0.240 e. The number of carbonyl (C=O) groups excluding carboxylic acids is 1. The fourth-order valence-corrected chi connectivity index (χ4v) is 4.33. The van der Waals surface area contributed by atoms with Crippen molar-refractivity contribution in [2.24, 2.45) is 0 Å². The van der Waals surface area contributed by atoms with Crippen LogP contribution in [-0.4, -0.2) is 47.3 Å². The number of hydrogen-bond donors (Lipinski definition) is 1. The topological polar surface area (TPSA) is 84.3 Å². The molecule has 164 valence electrons. The van der Waals surface area contributed by atoms with E-state index in [1.807, 2.05) is 68.4 Å². The molecule has 1 aromatic heterocycles. The van der Waals surface area contributed by atoms with Gasteiger partial charge in [0.05, 0.1) is 23.7 Å². The first-order valence-corrected chi connectivity index (χ1v) is 11.9. The van der Waals surface area contributed by atoms with Crippen LogP contribution in [0.5, 0.6) is 0 Å². The van der Waals surface area contributed by atoms with Crippen LogP contribution in [0.2, 0.25) is 0 Å². The summed E-state index contributed by atoms with van der Waals surface area (Å²) in [5.74, 6) is 0.0381. The first kappa shape index (κ1) is 22.7. The van der Waals surface area contributed by atoms with Crippen molar-refractivity contribution in [2.75, 3.05) is 24.2 Å². The van der Waals surface area contributed by atoms with E-state index < -0.39 is 15.9 Å². The molecule has 7 nitrogen and oxygen atoms in total. The van der Waals surface area contributed by atoms with E-state index in [9.17, 15) is 13.2 Å². The lowest BCUT2D eigenvalue weighted by atomic mass is 10.1. The Labute approximate surface area is 183 Å². The molecule has 0 spiro atoms. The van der Waals surface area contributed by atoms with Gasteiger partial charge in [-0.25, -0.2) is 13.1 Å². The Kier molecular flexibility index (Phi) is 7.25. The monoisotopic (exact) mass is 440 g/mol. The van der Waals surface area contributed by atoms with Crippen LogP contribution in [0.15, 0.2) is 60.7 Å². The van der Waals surface area contributed by atoms with Gasteiger partial charge in [-0.2, -0.15) is 9.40 Å². The number of nitrogens with one attached hydrogen (secondary N) is 1. The van der Waals surface area contributed by atoms with Crippen molar-refractivity contribution in [1.82, 2.24) is 14.1 Å². The molecule has 0 saturated heterocycles.